The summed E-state index contributed by atoms with van der Waals surface area (Å²) in [4.78, 5) is 30.7. The minimum atomic E-state index is -1.82. The van der Waals surface area contributed by atoms with Gasteiger partial charge in [0.2, 0.25) is 0 Å². The molecule has 0 unspecified atom stereocenters. The Morgan fingerprint density at radius 3 is 2.13 bits per heavy atom. The Morgan fingerprint density at radius 2 is 1.58 bits per heavy atom. The first kappa shape index (κ1) is 47.9. The lowest BCUT2D eigenvalue weighted by molar-refractivity contribution is -0.318. The summed E-state index contributed by atoms with van der Waals surface area (Å²) in [6, 6.07) is -0.823. The van der Waals surface area contributed by atoms with E-state index >= 15 is 0 Å². The molecule has 15 heteroatoms. The number of esters is 2. The number of hydrogen-bond donors (Lipinski definition) is 4. The van der Waals surface area contributed by atoms with E-state index in [2.05, 4.69) is 0 Å². The van der Waals surface area contributed by atoms with E-state index < -0.39 is 102 Å². The van der Waals surface area contributed by atoms with Gasteiger partial charge in [0.1, 0.15) is 23.9 Å². The molecule has 3 aliphatic rings. The van der Waals surface area contributed by atoms with Crippen LogP contribution in [-0.4, -0.2) is 167 Å². The van der Waals surface area contributed by atoms with Crippen LogP contribution in [0, 0.1) is 17.8 Å². The minimum Gasteiger partial charge on any atom is -0.459 e. The Kier molecular flexibility index (Phi) is 16.6. The maximum absolute atomic E-state index is 14.3. The summed E-state index contributed by atoms with van der Waals surface area (Å²) < 4.78 is 43.9. The van der Waals surface area contributed by atoms with Gasteiger partial charge in [-0.05, 0) is 94.8 Å². The topological polar surface area (TPSA) is 186 Å². The number of carbonyl (C=O) groups is 2. The molecule has 0 radical (unpaired) electrons. The normalized spacial score (nSPS) is 47.4. The van der Waals surface area contributed by atoms with Gasteiger partial charge < -0.3 is 63.4 Å². The van der Waals surface area contributed by atoms with Crippen molar-refractivity contribution in [3.63, 3.8) is 0 Å². The highest BCUT2D eigenvalue weighted by atomic mass is 16.7. The second-order valence-electron chi connectivity index (χ2n) is 17.7. The lowest BCUT2D eigenvalue weighted by atomic mass is 9.77. The monoisotopic (exact) mass is 791 g/mol. The van der Waals surface area contributed by atoms with Crippen molar-refractivity contribution in [1.82, 2.24) is 9.80 Å². The molecule has 0 aromatic carbocycles. The van der Waals surface area contributed by atoms with Gasteiger partial charge in [-0.1, -0.05) is 20.8 Å². The molecule has 4 N–H and O–H groups in total. The van der Waals surface area contributed by atoms with Gasteiger partial charge in [-0.3, -0.25) is 9.59 Å². The first-order valence-corrected chi connectivity index (χ1v) is 20.0. The number of aliphatic hydroxyl groups is 4. The van der Waals surface area contributed by atoms with Gasteiger partial charge in [0, 0.05) is 39.0 Å². The van der Waals surface area contributed by atoms with Crippen LogP contribution in [0.15, 0.2) is 0 Å². The van der Waals surface area contributed by atoms with Crippen LogP contribution in [-0.2, 0) is 42.7 Å². The molecule has 0 aliphatic carbocycles. The smallest absolute Gasteiger partial charge is 0.311 e. The van der Waals surface area contributed by atoms with Crippen molar-refractivity contribution in [2.75, 3.05) is 34.8 Å². The van der Waals surface area contributed by atoms with Crippen molar-refractivity contribution < 1.29 is 63.2 Å². The molecule has 0 spiro atoms. The van der Waals surface area contributed by atoms with E-state index in [-0.39, 0.29) is 37.3 Å². The molecule has 0 bridgehead atoms. The number of methoxy groups -OCH3 is 1. The van der Waals surface area contributed by atoms with Crippen molar-refractivity contribution in [2.45, 2.75) is 192 Å². The maximum atomic E-state index is 14.3. The number of carbonyl (C=O) groups excluding carboxylic acids is 2. The molecule has 322 valence electrons. The molecule has 18 atom stereocenters. The van der Waals surface area contributed by atoms with E-state index in [1.54, 1.807) is 41.5 Å². The highest BCUT2D eigenvalue weighted by Gasteiger charge is 2.53. The van der Waals surface area contributed by atoms with Crippen LogP contribution in [0.3, 0.4) is 0 Å². The van der Waals surface area contributed by atoms with Crippen LogP contribution >= 0.6 is 0 Å². The summed E-state index contributed by atoms with van der Waals surface area (Å²) in [5, 5.41) is 46.9. The average Bonchev–Trinajstić information content (AvgIpc) is 3.08. The highest BCUT2D eigenvalue weighted by molar-refractivity contribution is 5.73. The van der Waals surface area contributed by atoms with Gasteiger partial charge in [-0.25, -0.2) is 0 Å². The number of nitrogens with zero attached hydrogens (tertiary/aromatic N) is 2. The molecule has 3 aliphatic heterocycles. The Morgan fingerprint density at radius 1 is 0.964 bits per heavy atom. The molecule has 0 amide bonds. The SMILES string of the molecule is CC[C@H]1OC(=O)[C@H](C)[C@@H](O[C@H]2C[C@@](C)(OC)[C@@H](O)[C@H](C)O2)[C@H](C)[C@@H](O[C@@H]2O[C@H](C)C[C@H](N(C)C)[C@H]2OC(C)=O)[C@](C)(O)C[C@@H](C)CN(C)[C@H](C)[C@@H](O)[C@]1(C)O. The van der Waals surface area contributed by atoms with E-state index in [9.17, 15) is 30.0 Å². The quantitative estimate of drug-likeness (QED) is 0.263. The van der Waals surface area contributed by atoms with Crippen LogP contribution in [0.4, 0.5) is 0 Å². The number of hydrogen-bond acceptors (Lipinski definition) is 15. The third kappa shape index (κ3) is 11.2. The molecule has 0 saturated carbocycles. The van der Waals surface area contributed by atoms with Gasteiger partial charge in [0.25, 0.3) is 0 Å². The predicted molar refractivity (Wildman–Crippen MR) is 204 cm³/mol. The Bertz CT molecular complexity index is 1250. The van der Waals surface area contributed by atoms with Crippen molar-refractivity contribution in [3.05, 3.63) is 0 Å². The van der Waals surface area contributed by atoms with Crippen LogP contribution in [0.1, 0.15) is 102 Å². The van der Waals surface area contributed by atoms with E-state index in [0.29, 0.717) is 13.0 Å². The molecule has 3 fully saturated rings. The van der Waals surface area contributed by atoms with Crippen LogP contribution < -0.4 is 0 Å². The number of ether oxygens (including phenoxy) is 7. The van der Waals surface area contributed by atoms with Crippen LogP contribution in [0.2, 0.25) is 0 Å². The van der Waals surface area contributed by atoms with Gasteiger partial charge in [0.05, 0.1) is 47.6 Å². The van der Waals surface area contributed by atoms with E-state index in [0.717, 1.165) is 0 Å². The van der Waals surface area contributed by atoms with Gasteiger partial charge in [0.15, 0.2) is 18.7 Å². The fourth-order valence-electron chi connectivity index (χ4n) is 9.04. The number of aliphatic hydroxyl groups excluding tert-OH is 2. The molecular weight excluding hydrogens is 716 g/mol. The fraction of sp³-hybridized carbons (Fsp3) is 0.950. The molecule has 55 heavy (non-hydrogen) atoms. The molecular formula is C40H74N2O13. The summed E-state index contributed by atoms with van der Waals surface area (Å²) in [6.45, 7) is 19.3. The Balaban J connectivity index is 2.23. The molecule has 3 saturated heterocycles. The first-order valence-electron chi connectivity index (χ1n) is 20.0. The summed E-state index contributed by atoms with van der Waals surface area (Å²) in [6.07, 6.45) is -8.28. The molecule has 3 heterocycles. The van der Waals surface area contributed by atoms with Crippen molar-refractivity contribution in [2.24, 2.45) is 17.8 Å². The fourth-order valence-corrected chi connectivity index (χ4v) is 9.04. The Labute approximate surface area is 329 Å². The minimum absolute atomic E-state index is 0.115. The number of likely N-dealkylation sites (N-methyl/N-ethyl adjacent to an activating group) is 2. The summed E-state index contributed by atoms with van der Waals surface area (Å²) in [5.41, 5.74) is -4.45. The predicted octanol–water partition coefficient (Wildman–Crippen LogP) is 2.47. The van der Waals surface area contributed by atoms with Crippen LogP contribution in [0.25, 0.3) is 0 Å². The highest BCUT2D eigenvalue weighted by Crippen LogP contribution is 2.40. The third-order valence-electron chi connectivity index (χ3n) is 12.5. The number of rotatable bonds is 8. The Hall–Kier alpha value is -1.50. The molecule has 0 aromatic rings. The van der Waals surface area contributed by atoms with E-state index in [1.807, 2.05) is 51.7 Å². The van der Waals surface area contributed by atoms with Crippen molar-refractivity contribution >= 4 is 11.9 Å². The molecule has 15 nitrogen and oxygen atoms in total. The number of cyclic esters (lactones) is 1. The van der Waals surface area contributed by atoms with E-state index in [1.165, 1.54) is 21.0 Å². The standard InChI is InChI=1S/C40H74N2O13/c1-16-29-40(11,48)33(44)25(6)42(14)20-21(2)18-38(9,47)35(55-37-32(52-27(8)43)28(41(12)13)17-22(3)50-37)23(4)31(24(5)36(46)53-29)54-30-19-39(10,49-15)34(45)26(7)51-30/h21-26,28-35,37,44-45,47-48H,16-20H2,1-15H3/t21-,22-,23+,24-,25-,26+,28+,29-,30+,31+,32-,33-,34+,35-,37+,38-,39-,40-/m1/s1. The zero-order valence-electron chi connectivity index (χ0n) is 36.1. The van der Waals surface area contributed by atoms with Crippen molar-refractivity contribution in [1.29, 1.82) is 0 Å². The largest absolute Gasteiger partial charge is 0.459 e. The van der Waals surface area contributed by atoms with Crippen molar-refractivity contribution in [3.8, 4) is 0 Å². The first-order chi connectivity index (χ1) is 25.3. The third-order valence-corrected chi connectivity index (χ3v) is 12.5. The van der Waals surface area contributed by atoms with Crippen LogP contribution in [0.5, 0.6) is 0 Å². The van der Waals surface area contributed by atoms with Gasteiger partial charge in [-0.15, -0.1) is 0 Å². The summed E-state index contributed by atoms with van der Waals surface area (Å²) in [7, 11) is 7.12. The zero-order chi connectivity index (χ0) is 42.0. The van der Waals surface area contributed by atoms with Gasteiger partial charge >= 0.3 is 11.9 Å². The average molecular weight is 791 g/mol. The second kappa shape index (κ2) is 19.0. The van der Waals surface area contributed by atoms with Gasteiger partial charge in [-0.2, -0.15) is 0 Å². The zero-order valence-corrected chi connectivity index (χ0v) is 36.1. The van der Waals surface area contributed by atoms with E-state index in [4.69, 9.17) is 33.2 Å². The maximum Gasteiger partial charge on any atom is 0.311 e. The summed E-state index contributed by atoms with van der Waals surface area (Å²) >= 11 is 0. The molecule has 0 aromatic heterocycles. The summed E-state index contributed by atoms with van der Waals surface area (Å²) in [5.74, 6) is -3.20. The second-order valence-corrected chi connectivity index (χ2v) is 17.7. The molecule has 3 rings (SSSR count). The lowest BCUT2D eigenvalue weighted by Gasteiger charge is -2.49. The lowest BCUT2D eigenvalue weighted by Crippen LogP contribution is -2.61.